The monoisotopic (exact) mass is 521 g/mol. The highest BCUT2D eigenvalue weighted by molar-refractivity contribution is 5.98. The number of nitrogens with zero attached hydrogens (tertiary/aromatic N) is 3. The van der Waals surface area contributed by atoms with Gasteiger partial charge in [0.1, 0.15) is 5.60 Å². The highest BCUT2D eigenvalue weighted by Gasteiger charge is 2.37. The number of ether oxygens (including phenoxy) is 1. The van der Waals surface area contributed by atoms with Crippen LogP contribution in [0.1, 0.15) is 32.8 Å². The van der Waals surface area contributed by atoms with E-state index in [1.807, 2.05) is 36.4 Å². The van der Waals surface area contributed by atoms with E-state index in [1.54, 1.807) is 43.9 Å². The number of amides is 3. The van der Waals surface area contributed by atoms with E-state index in [1.165, 1.54) is 0 Å². The topological polar surface area (TPSA) is 147 Å². The van der Waals surface area contributed by atoms with Gasteiger partial charge in [-0.1, -0.05) is 47.6 Å². The molecular formula is C27H31N5O6. The lowest BCUT2D eigenvalue weighted by Gasteiger charge is -2.25. The van der Waals surface area contributed by atoms with Gasteiger partial charge in [-0.15, -0.1) is 0 Å². The Balaban J connectivity index is 1.35. The van der Waals surface area contributed by atoms with Crippen LogP contribution in [0.25, 0.3) is 11.4 Å². The zero-order chi connectivity index (χ0) is 27.3. The van der Waals surface area contributed by atoms with Crippen molar-refractivity contribution >= 4 is 29.8 Å². The average molecular weight is 522 g/mol. The number of aliphatic carboxylic acids is 1. The number of carboxylic acid groups (broad SMARTS) is 1. The van der Waals surface area contributed by atoms with Gasteiger partial charge < -0.3 is 24.6 Å². The third kappa shape index (κ3) is 7.09. The third-order valence-corrected chi connectivity index (χ3v) is 6.08. The fraction of sp³-hybridized carbons (Fsp3) is 0.370. The van der Waals surface area contributed by atoms with Gasteiger partial charge >= 0.3 is 24.1 Å². The molecule has 1 aliphatic heterocycles. The number of nitrogens with one attached hydrogen (secondary N) is 2. The molecule has 0 bridgehead atoms. The first-order chi connectivity index (χ1) is 18.1. The molecule has 2 atom stereocenters. The van der Waals surface area contributed by atoms with E-state index in [0.717, 1.165) is 11.1 Å². The Morgan fingerprint density at radius 2 is 1.89 bits per heavy atom. The van der Waals surface area contributed by atoms with Crippen molar-refractivity contribution in [2.75, 3.05) is 23.7 Å². The number of carbonyl (C=O) groups excluding carboxylic acids is 2. The molecule has 1 aromatic heterocycles. The maximum absolute atomic E-state index is 12.5. The molecule has 2 heterocycles. The first-order valence-corrected chi connectivity index (χ1v) is 12.3. The van der Waals surface area contributed by atoms with Crippen LogP contribution in [-0.2, 0) is 16.0 Å². The Labute approximate surface area is 220 Å². The van der Waals surface area contributed by atoms with E-state index >= 15 is 0 Å². The number of carbonyl (C=O) groups is 3. The smallest absolute Gasteiger partial charge is 0.410 e. The highest BCUT2D eigenvalue weighted by atomic mass is 16.6. The second-order valence-electron chi connectivity index (χ2n) is 10.2. The van der Waals surface area contributed by atoms with E-state index in [0.29, 0.717) is 31.0 Å². The molecule has 11 heteroatoms. The molecule has 1 aliphatic rings. The van der Waals surface area contributed by atoms with Gasteiger partial charge in [-0.2, -0.15) is 4.98 Å². The fourth-order valence-electron chi connectivity index (χ4n) is 4.33. The predicted molar refractivity (Wildman–Crippen MR) is 140 cm³/mol. The van der Waals surface area contributed by atoms with Crippen LogP contribution in [0, 0.1) is 11.8 Å². The summed E-state index contributed by atoms with van der Waals surface area (Å²) < 4.78 is 10.5. The lowest BCUT2D eigenvalue weighted by molar-refractivity contribution is -0.143. The minimum Gasteiger partial charge on any atom is -0.481 e. The highest BCUT2D eigenvalue weighted by Crippen LogP contribution is 2.29. The van der Waals surface area contributed by atoms with Crippen molar-refractivity contribution in [3.63, 3.8) is 0 Å². The number of hydrogen-bond donors (Lipinski definition) is 3. The van der Waals surface area contributed by atoms with Crippen LogP contribution in [0.2, 0.25) is 0 Å². The first kappa shape index (κ1) is 26.6. The van der Waals surface area contributed by atoms with Gasteiger partial charge in [-0.25, -0.2) is 9.59 Å². The van der Waals surface area contributed by atoms with Gasteiger partial charge in [0.05, 0.1) is 5.92 Å². The van der Waals surface area contributed by atoms with E-state index < -0.39 is 29.6 Å². The molecule has 1 saturated heterocycles. The van der Waals surface area contributed by atoms with Crippen molar-refractivity contribution in [2.24, 2.45) is 11.8 Å². The van der Waals surface area contributed by atoms with Gasteiger partial charge in [0.25, 0.3) is 0 Å². The van der Waals surface area contributed by atoms with Crippen LogP contribution in [0.3, 0.4) is 0 Å². The minimum absolute atomic E-state index is 0.0563. The average Bonchev–Trinajstić information content (AvgIpc) is 3.52. The molecule has 3 N–H and O–H groups in total. The normalized spacial score (nSPS) is 16.1. The quantitative estimate of drug-likeness (QED) is 0.399. The SMILES string of the molecule is CC(C)(C)OC(=O)N1CC[C@H]([C@H](Cc2cccc(NC(=O)Nc3nc(-c4ccccc4)no3)c2)C(=O)O)C1. The van der Waals surface area contributed by atoms with E-state index in [2.05, 4.69) is 20.8 Å². The molecule has 1 fully saturated rings. The van der Waals surface area contributed by atoms with Gasteiger partial charge in [-0.05, 0) is 57.2 Å². The number of aromatic nitrogens is 2. The Hall–Kier alpha value is -4.41. The summed E-state index contributed by atoms with van der Waals surface area (Å²) in [6.07, 6.45) is 0.397. The molecule has 4 rings (SSSR count). The largest absolute Gasteiger partial charge is 0.481 e. The maximum Gasteiger partial charge on any atom is 0.410 e. The number of rotatable bonds is 7. The molecule has 0 unspecified atom stereocenters. The molecule has 2 aromatic carbocycles. The minimum atomic E-state index is -0.928. The molecule has 0 aliphatic carbocycles. The van der Waals surface area contributed by atoms with Crippen LogP contribution in [-0.4, -0.2) is 56.9 Å². The summed E-state index contributed by atoms with van der Waals surface area (Å²) in [6.45, 7) is 6.16. The maximum atomic E-state index is 12.5. The number of benzene rings is 2. The molecule has 0 saturated carbocycles. The van der Waals surface area contributed by atoms with Crippen LogP contribution in [0.15, 0.2) is 59.1 Å². The third-order valence-electron chi connectivity index (χ3n) is 6.08. The molecular weight excluding hydrogens is 490 g/mol. The predicted octanol–water partition coefficient (Wildman–Crippen LogP) is 4.88. The van der Waals surface area contributed by atoms with Crippen molar-refractivity contribution in [3.8, 4) is 11.4 Å². The molecule has 3 amide bonds. The van der Waals surface area contributed by atoms with Gasteiger partial charge in [0, 0.05) is 24.3 Å². The van der Waals surface area contributed by atoms with Crippen LogP contribution < -0.4 is 10.6 Å². The number of carboxylic acids is 1. The summed E-state index contributed by atoms with van der Waals surface area (Å²) in [5.74, 6) is -1.49. The number of hydrogen-bond acceptors (Lipinski definition) is 7. The Morgan fingerprint density at radius 3 is 2.61 bits per heavy atom. The fourth-order valence-corrected chi connectivity index (χ4v) is 4.33. The number of urea groups is 1. The Morgan fingerprint density at radius 1 is 1.13 bits per heavy atom. The van der Waals surface area contributed by atoms with Crippen molar-refractivity contribution in [1.82, 2.24) is 15.0 Å². The van der Waals surface area contributed by atoms with Crippen LogP contribution >= 0.6 is 0 Å². The number of anilines is 2. The van der Waals surface area contributed by atoms with Crippen LogP contribution in [0.5, 0.6) is 0 Å². The summed E-state index contributed by atoms with van der Waals surface area (Å²) in [5, 5.41) is 19.0. The Kier molecular flexibility index (Phi) is 7.94. The summed E-state index contributed by atoms with van der Waals surface area (Å²) in [4.78, 5) is 42.8. The molecule has 3 aromatic rings. The molecule has 200 valence electrons. The Bertz CT molecular complexity index is 1290. The molecule has 38 heavy (non-hydrogen) atoms. The molecule has 0 spiro atoms. The molecule has 0 radical (unpaired) electrons. The summed E-state index contributed by atoms with van der Waals surface area (Å²) in [5.41, 5.74) is 1.36. The van der Waals surface area contributed by atoms with Crippen molar-refractivity contribution in [1.29, 1.82) is 0 Å². The van der Waals surface area contributed by atoms with E-state index in [4.69, 9.17) is 9.26 Å². The van der Waals surface area contributed by atoms with Crippen molar-refractivity contribution in [3.05, 3.63) is 60.2 Å². The van der Waals surface area contributed by atoms with Crippen molar-refractivity contribution in [2.45, 2.75) is 39.2 Å². The van der Waals surface area contributed by atoms with Gasteiger partial charge in [-0.3, -0.25) is 10.1 Å². The summed E-state index contributed by atoms with van der Waals surface area (Å²) in [7, 11) is 0. The zero-order valence-electron chi connectivity index (χ0n) is 21.5. The lowest BCUT2D eigenvalue weighted by atomic mass is 9.86. The van der Waals surface area contributed by atoms with Gasteiger partial charge in [0.15, 0.2) is 0 Å². The second-order valence-corrected chi connectivity index (χ2v) is 10.2. The van der Waals surface area contributed by atoms with Crippen LogP contribution in [0.4, 0.5) is 21.3 Å². The first-order valence-electron chi connectivity index (χ1n) is 12.3. The molecule has 11 nitrogen and oxygen atoms in total. The zero-order valence-corrected chi connectivity index (χ0v) is 21.5. The lowest BCUT2D eigenvalue weighted by Crippen LogP contribution is -2.36. The summed E-state index contributed by atoms with van der Waals surface area (Å²) in [6, 6.07) is 15.5. The summed E-state index contributed by atoms with van der Waals surface area (Å²) >= 11 is 0. The second kappa shape index (κ2) is 11.3. The van der Waals surface area contributed by atoms with Gasteiger partial charge in [0.2, 0.25) is 5.82 Å². The van der Waals surface area contributed by atoms with Crippen molar-refractivity contribution < 1.29 is 28.8 Å². The number of likely N-dealkylation sites (tertiary alicyclic amines) is 1. The van der Waals surface area contributed by atoms with E-state index in [-0.39, 0.29) is 18.4 Å². The standard InChI is InChI=1S/C27H31N5O6/c1-27(2,3)37-26(36)32-13-12-19(16-32)21(23(33)34)15-17-8-7-11-20(14-17)28-24(35)30-25-29-22(31-38-25)18-9-5-4-6-10-18/h4-11,14,19,21H,12-13,15-16H2,1-3H3,(H,33,34)(H2,28,29,30,31,35)/t19-,21-/m0/s1. The van der Waals surface area contributed by atoms with E-state index in [9.17, 15) is 19.5 Å².